The highest BCUT2D eigenvalue weighted by atomic mass is 16.5. The van der Waals surface area contributed by atoms with E-state index in [-0.39, 0.29) is 11.9 Å². The molecule has 1 amide bonds. The van der Waals surface area contributed by atoms with Crippen LogP contribution in [-0.4, -0.2) is 22.8 Å². The van der Waals surface area contributed by atoms with Crippen LogP contribution in [-0.2, 0) is 17.9 Å². The fourth-order valence-electron chi connectivity index (χ4n) is 3.18. The maximum Gasteiger partial charge on any atom is 0.244 e. The maximum absolute atomic E-state index is 12.4. The van der Waals surface area contributed by atoms with Crippen molar-refractivity contribution in [2.45, 2.75) is 33.0 Å². The van der Waals surface area contributed by atoms with E-state index in [1.165, 1.54) is 6.08 Å². The Kier molecular flexibility index (Phi) is 7.27. The molecule has 1 heterocycles. The Morgan fingerprint density at radius 3 is 2.73 bits per heavy atom. The van der Waals surface area contributed by atoms with Gasteiger partial charge in [0.1, 0.15) is 18.1 Å². The number of hydrogen-bond donors (Lipinski definition) is 1. The quantitative estimate of drug-likeness (QED) is 0.537. The van der Waals surface area contributed by atoms with Crippen molar-refractivity contribution < 1.29 is 14.3 Å². The van der Waals surface area contributed by atoms with Crippen LogP contribution in [0.2, 0.25) is 0 Å². The van der Waals surface area contributed by atoms with Crippen LogP contribution in [0.5, 0.6) is 11.5 Å². The average Bonchev–Trinajstić information content (AvgIpc) is 3.26. The van der Waals surface area contributed by atoms with E-state index in [4.69, 9.17) is 9.47 Å². The first-order chi connectivity index (χ1) is 14.6. The van der Waals surface area contributed by atoms with Gasteiger partial charge >= 0.3 is 0 Å². The number of nitrogens with zero attached hydrogens (tertiary/aromatic N) is 2. The molecule has 3 aromatic rings. The predicted octanol–water partition coefficient (Wildman–Crippen LogP) is 4.38. The highest BCUT2D eigenvalue weighted by molar-refractivity contribution is 5.92. The lowest BCUT2D eigenvalue weighted by Gasteiger charge is -2.14. The van der Waals surface area contributed by atoms with E-state index in [0.717, 1.165) is 34.9 Å². The van der Waals surface area contributed by atoms with E-state index in [9.17, 15) is 4.79 Å². The first-order valence-corrected chi connectivity index (χ1v) is 9.95. The average molecular weight is 405 g/mol. The normalized spacial score (nSPS) is 12.0. The van der Waals surface area contributed by atoms with Crippen molar-refractivity contribution in [2.75, 3.05) is 7.11 Å². The Bertz CT molecular complexity index is 996. The molecule has 1 aromatic heterocycles. The van der Waals surface area contributed by atoms with Crippen molar-refractivity contribution in [1.29, 1.82) is 0 Å². The summed E-state index contributed by atoms with van der Waals surface area (Å²) >= 11 is 0. The molecule has 6 nitrogen and oxygen atoms in total. The summed E-state index contributed by atoms with van der Waals surface area (Å²) in [5.74, 6) is 1.37. The van der Waals surface area contributed by atoms with E-state index in [0.29, 0.717) is 6.61 Å². The van der Waals surface area contributed by atoms with Crippen molar-refractivity contribution in [3.8, 4) is 11.5 Å². The molecule has 0 aliphatic carbocycles. The second kappa shape index (κ2) is 10.3. The third kappa shape index (κ3) is 5.50. The molecule has 0 aliphatic heterocycles. The van der Waals surface area contributed by atoms with Gasteiger partial charge in [-0.25, -0.2) is 0 Å². The number of hydrogen-bond acceptors (Lipinski definition) is 4. The van der Waals surface area contributed by atoms with E-state index < -0.39 is 0 Å². The number of methoxy groups -OCH3 is 1. The second-order valence-electron chi connectivity index (χ2n) is 6.81. The second-order valence-corrected chi connectivity index (χ2v) is 6.81. The van der Waals surface area contributed by atoms with E-state index in [1.807, 2.05) is 73.1 Å². The number of carbonyl (C=O) groups excluding carboxylic acids is 1. The highest BCUT2D eigenvalue weighted by Crippen LogP contribution is 2.23. The third-order valence-electron chi connectivity index (χ3n) is 4.72. The van der Waals surface area contributed by atoms with Gasteiger partial charge in [0.2, 0.25) is 5.91 Å². The van der Waals surface area contributed by atoms with Crippen LogP contribution < -0.4 is 14.8 Å². The Hall–Kier alpha value is -3.54. The van der Waals surface area contributed by atoms with Gasteiger partial charge < -0.3 is 14.8 Å². The molecule has 0 spiro atoms. The van der Waals surface area contributed by atoms with Crippen LogP contribution in [0.1, 0.15) is 36.7 Å². The molecule has 0 saturated carbocycles. The monoisotopic (exact) mass is 405 g/mol. The lowest BCUT2D eigenvalue weighted by atomic mass is 10.1. The number of nitrogens with one attached hydrogen (secondary N) is 1. The van der Waals surface area contributed by atoms with Crippen molar-refractivity contribution in [2.24, 2.45) is 0 Å². The van der Waals surface area contributed by atoms with Gasteiger partial charge in [-0.1, -0.05) is 24.3 Å². The number of rotatable bonds is 9. The molecule has 6 heteroatoms. The summed E-state index contributed by atoms with van der Waals surface area (Å²) in [4.78, 5) is 12.4. The number of aryl methyl sites for hydroxylation is 1. The molecule has 3 rings (SSSR count). The standard InChI is InChI=1S/C24H27N3O3/c1-4-27-22(14-15-25-27)18(2)26-24(28)13-11-19-10-12-23(29-3)20(16-19)17-30-21-8-6-5-7-9-21/h5-16,18H,4,17H2,1-3H3,(H,26,28)/b13-11+. The lowest BCUT2D eigenvalue weighted by molar-refractivity contribution is -0.117. The minimum Gasteiger partial charge on any atom is -0.496 e. The molecule has 156 valence electrons. The zero-order valence-corrected chi connectivity index (χ0v) is 17.5. The summed E-state index contributed by atoms with van der Waals surface area (Å²) in [7, 11) is 1.63. The topological polar surface area (TPSA) is 65.4 Å². The van der Waals surface area contributed by atoms with Gasteiger partial charge in [0, 0.05) is 24.4 Å². The molecule has 1 unspecified atom stereocenters. The molecule has 1 N–H and O–H groups in total. The Labute approximate surface area is 177 Å². The van der Waals surface area contributed by atoms with E-state index in [1.54, 1.807) is 19.4 Å². The molecule has 30 heavy (non-hydrogen) atoms. The minimum atomic E-state index is -0.163. The van der Waals surface area contributed by atoms with Gasteiger partial charge in [-0.05, 0) is 55.8 Å². The summed E-state index contributed by atoms with van der Waals surface area (Å²) in [5.41, 5.74) is 2.78. The van der Waals surface area contributed by atoms with Gasteiger partial charge in [-0.15, -0.1) is 0 Å². The van der Waals surface area contributed by atoms with E-state index in [2.05, 4.69) is 10.4 Å². The maximum atomic E-state index is 12.4. The van der Waals surface area contributed by atoms with Crippen molar-refractivity contribution in [1.82, 2.24) is 15.1 Å². The molecule has 0 aliphatic rings. The van der Waals surface area contributed by atoms with Gasteiger partial charge in [0.15, 0.2) is 0 Å². The van der Waals surface area contributed by atoms with Gasteiger partial charge in [-0.3, -0.25) is 9.48 Å². The predicted molar refractivity (Wildman–Crippen MR) is 117 cm³/mol. The minimum absolute atomic E-state index is 0.129. The smallest absolute Gasteiger partial charge is 0.244 e. The van der Waals surface area contributed by atoms with Gasteiger partial charge in [0.25, 0.3) is 0 Å². The van der Waals surface area contributed by atoms with Crippen LogP contribution in [0.3, 0.4) is 0 Å². The number of amides is 1. The van der Waals surface area contributed by atoms with Crippen molar-refractivity contribution in [3.05, 3.63) is 83.7 Å². The Balaban J connectivity index is 1.65. The molecular formula is C24H27N3O3. The zero-order valence-electron chi connectivity index (χ0n) is 17.5. The summed E-state index contributed by atoms with van der Waals surface area (Å²) in [6.07, 6.45) is 5.06. The summed E-state index contributed by atoms with van der Waals surface area (Å²) in [6, 6.07) is 17.2. The zero-order chi connectivity index (χ0) is 21.3. The molecule has 0 saturated heterocycles. The van der Waals surface area contributed by atoms with Crippen LogP contribution in [0.4, 0.5) is 0 Å². The first kappa shape index (κ1) is 21.2. The fourth-order valence-corrected chi connectivity index (χ4v) is 3.18. The SMILES string of the molecule is CCn1nccc1C(C)NC(=O)/C=C/c1ccc(OC)c(COc2ccccc2)c1. The van der Waals surface area contributed by atoms with Gasteiger partial charge in [-0.2, -0.15) is 5.10 Å². The summed E-state index contributed by atoms with van der Waals surface area (Å²) in [5, 5.41) is 7.22. The fraction of sp³-hybridized carbons (Fsp3) is 0.250. The van der Waals surface area contributed by atoms with Gasteiger partial charge in [0.05, 0.1) is 18.8 Å². The van der Waals surface area contributed by atoms with Crippen molar-refractivity contribution in [3.63, 3.8) is 0 Å². The number of carbonyl (C=O) groups is 1. The summed E-state index contributed by atoms with van der Waals surface area (Å²) in [6.45, 7) is 5.10. The number of para-hydroxylation sites is 1. The van der Waals surface area contributed by atoms with Crippen LogP contribution >= 0.6 is 0 Å². The molecular weight excluding hydrogens is 378 g/mol. The highest BCUT2D eigenvalue weighted by Gasteiger charge is 2.12. The van der Waals surface area contributed by atoms with E-state index >= 15 is 0 Å². The molecule has 0 bridgehead atoms. The number of aromatic nitrogens is 2. The molecule has 2 aromatic carbocycles. The van der Waals surface area contributed by atoms with Crippen LogP contribution in [0, 0.1) is 0 Å². The van der Waals surface area contributed by atoms with Crippen LogP contribution in [0.15, 0.2) is 66.9 Å². The molecule has 1 atom stereocenters. The summed E-state index contributed by atoms with van der Waals surface area (Å²) < 4.78 is 13.1. The third-order valence-corrected chi connectivity index (χ3v) is 4.72. The molecule has 0 fully saturated rings. The first-order valence-electron chi connectivity index (χ1n) is 9.95. The Morgan fingerprint density at radius 2 is 2.00 bits per heavy atom. The Morgan fingerprint density at radius 1 is 1.20 bits per heavy atom. The molecule has 0 radical (unpaired) electrons. The lowest BCUT2D eigenvalue weighted by Crippen LogP contribution is -2.26. The number of benzene rings is 2. The van der Waals surface area contributed by atoms with Crippen molar-refractivity contribution >= 4 is 12.0 Å². The largest absolute Gasteiger partial charge is 0.496 e. The number of ether oxygens (including phenoxy) is 2. The van der Waals surface area contributed by atoms with Crippen LogP contribution in [0.25, 0.3) is 6.08 Å².